The molecule has 0 bridgehead atoms. The van der Waals surface area contributed by atoms with Gasteiger partial charge in [0.25, 0.3) is 0 Å². The predicted octanol–water partition coefficient (Wildman–Crippen LogP) is 1.98. The fraction of sp³-hybridized carbons (Fsp3) is 0.417. The zero-order valence-corrected chi connectivity index (χ0v) is 20.8. The number of carbonyl (C=O) groups excluding carboxylic acids is 2. The van der Waals surface area contributed by atoms with E-state index in [9.17, 15) is 19.8 Å². The minimum Gasteiger partial charge on any atom is -0.507 e. The molecular formula is C24H36N4NiO4+2. The quantitative estimate of drug-likeness (QED) is 0.265. The molecule has 0 aliphatic heterocycles. The van der Waals surface area contributed by atoms with Crippen molar-refractivity contribution >= 4 is 11.6 Å². The molecule has 2 rings (SSSR count). The van der Waals surface area contributed by atoms with Gasteiger partial charge in [-0.1, -0.05) is 0 Å². The van der Waals surface area contributed by atoms with E-state index >= 15 is 0 Å². The van der Waals surface area contributed by atoms with E-state index in [4.69, 9.17) is 0 Å². The summed E-state index contributed by atoms with van der Waals surface area (Å²) in [5, 5.41) is 25.1. The average Bonchev–Trinajstić information content (AvgIpc) is 2.70. The first kappa shape index (κ1) is 30.4. The topological polar surface area (TPSA) is 105 Å². The molecule has 4 N–H and O–H groups in total. The van der Waals surface area contributed by atoms with E-state index in [2.05, 4.69) is 20.4 Å². The molecule has 184 valence electrons. The molecule has 0 radical (unpaired) electrons. The molecule has 0 aromatic rings. The second-order valence-corrected chi connectivity index (χ2v) is 7.95. The van der Waals surface area contributed by atoms with Crippen LogP contribution in [0.25, 0.3) is 0 Å². The standard InChI is InChI=1S/2C12H18N2O2.Ni/c2*1-14(2)7-3-6-13-9-10-4-5-11(15)8-12(10)16;/h2*4-5,8-9,13,16H,3,6-7H2,1-2H3;/q;;+2. The van der Waals surface area contributed by atoms with Crippen LogP contribution in [-0.2, 0) is 26.1 Å². The van der Waals surface area contributed by atoms with Gasteiger partial charge in [0.2, 0.25) is 0 Å². The molecule has 0 atom stereocenters. The van der Waals surface area contributed by atoms with Crippen LogP contribution >= 0.6 is 0 Å². The van der Waals surface area contributed by atoms with E-state index in [0.29, 0.717) is 11.1 Å². The summed E-state index contributed by atoms with van der Waals surface area (Å²) < 4.78 is 0. The second kappa shape index (κ2) is 16.9. The Morgan fingerprint density at radius 2 is 1.09 bits per heavy atom. The Morgan fingerprint density at radius 1 is 0.727 bits per heavy atom. The van der Waals surface area contributed by atoms with Crippen LogP contribution in [0.1, 0.15) is 12.8 Å². The van der Waals surface area contributed by atoms with Crippen molar-refractivity contribution in [3.8, 4) is 0 Å². The normalized spacial score (nSPS) is 17.5. The van der Waals surface area contributed by atoms with Crippen molar-refractivity contribution in [2.45, 2.75) is 12.8 Å². The maximum Gasteiger partial charge on any atom is 2.00 e. The van der Waals surface area contributed by atoms with Gasteiger partial charge in [-0.15, -0.1) is 0 Å². The van der Waals surface area contributed by atoms with E-state index in [0.717, 1.165) is 39.0 Å². The minimum atomic E-state index is -0.178. The van der Waals surface area contributed by atoms with E-state index in [1.807, 2.05) is 28.2 Å². The number of ketones is 2. The number of nitrogens with zero attached hydrogens (tertiary/aromatic N) is 2. The fourth-order valence-electron chi connectivity index (χ4n) is 2.65. The molecule has 8 nitrogen and oxygen atoms in total. The van der Waals surface area contributed by atoms with Crippen molar-refractivity contribution in [1.29, 1.82) is 0 Å². The van der Waals surface area contributed by atoms with Gasteiger partial charge in [-0.2, -0.15) is 0 Å². The Hall–Kier alpha value is -2.61. The summed E-state index contributed by atoms with van der Waals surface area (Å²) in [5.74, 6) is -0.315. The molecule has 9 heteroatoms. The van der Waals surface area contributed by atoms with E-state index in [1.54, 1.807) is 24.6 Å². The van der Waals surface area contributed by atoms with Gasteiger partial charge < -0.3 is 30.6 Å². The third kappa shape index (κ3) is 14.2. The monoisotopic (exact) mass is 502 g/mol. The molecular weight excluding hydrogens is 467 g/mol. The second-order valence-electron chi connectivity index (χ2n) is 7.95. The molecule has 0 saturated carbocycles. The number of carbonyl (C=O) groups is 2. The SMILES string of the molecule is CN(C)CCCNC=C1C=CC(=O)C=C1O.CN(C)CCCNC=C1C=CC(=O)C=C1O.[Ni+2]. The van der Waals surface area contributed by atoms with Gasteiger partial charge in [-0.05, 0) is 78.4 Å². The number of nitrogens with one attached hydrogen (secondary N) is 2. The Labute approximate surface area is 207 Å². The third-order valence-corrected chi connectivity index (χ3v) is 4.37. The number of rotatable bonds is 10. The molecule has 0 aromatic carbocycles. The van der Waals surface area contributed by atoms with E-state index in [1.165, 1.54) is 24.3 Å². The molecule has 33 heavy (non-hydrogen) atoms. The molecule has 2 aliphatic rings. The average molecular weight is 503 g/mol. The van der Waals surface area contributed by atoms with Crippen LogP contribution in [0.3, 0.4) is 0 Å². The summed E-state index contributed by atoms with van der Waals surface area (Å²) in [6.45, 7) is 3.73. The first-order valence-electron chi connectivity index (χ1n) is 10.6. The predicted molar refractivity (Wildman–Crippen MR) is 128 cm³/mol. The number of allylic oxidation sites excluding steroid dienone is 6. The van der Waals surface area contributed by atoms with Crippen LogP contribution in [0.2, 0.25) is 0 Å². The fourth-order valence-corrected chi connectivity index (χ4v) is 2.65. The van der Waals surface area contributed by atoms with Crippen LogP contribution in [0.5, 0.6) is 0 Å². The van der Waals surface area contributed by atoms with E-state index < -0.39 is 0 Å². The van der Waals surface area contributed by atoms with Crippen molar-refractivity contribution in [2.24, 2.45) is 0 Å². The summed E-state index contributed by atoms with van der Waals surface area (Å²) in [4.78, 5) is 26.0. The summed E-state index contributed by atoms with van der Waals surface area (Å²) in [5.41, 5.74) is 1.29. The van der Waals surface area contributed by atoms with E-state index in [-0.39, 0.29) is 39.6 Å². The maximum atomic E-state index is 10.9. The molecule has 0 unspecified atom stereocenters. The molecule has 2 aliphatic carbocycles. The van der Waals surface area contributed by atoms with Crippen LogP contribution in [0.15, 0.2) is 71.5 Å². The smallest absolute Gasteiger partial charge is 0.507 e. The summed E-state index contributed by atoms with van der Waals surface area (Å²) in [7, 11) is 8.12. The Morgan fingerprint density at radius 3 is 1.39 bits per heavy atom. The first-order valence-corrected chi connectivity index (χ1v) is 10.6. The van der Waals surface area contributed by atoms with Gasteiger partial charge in [-0.3, -0.25) is 9.59 Å². The molecule has 0 aromatic heterocycles. The van der Waals surface area contributed by atoms with Gasteiger partial charge >= 0.3 is 16.5 Å². The van der Waals surface area contributed by atoms with Gasteiger partial charge in [-0.25, -0.2) is 0 Å². The Bertz CT molecular complexity index is 756. The van der Waals surface area contributed by atoms with Crippen LogP contribution in [0, 0.1) is 0 Å². The molecule has 0 amide bonds. The molecule has 0 heterocycles. The zero-order valence-electron chi connectivity index (χ0n) is 19.8. The zero-order chi connectivity index (χ0) is 23.9. The number of aliphatic hydroxyl groups excluding tert-OH is 2. The molecule has 0 fully saturated rings. The number of aliphatic hydroxyl groups is 2. The van der Waals surface area contributed by atoms with Gasteiger partial charge in [0.05, 0.1) is 0 Å². The molecule has 0 spiro atoms. The van der Waals surface area contributed by atoms with Crippen LogP contribution in [0.4, 0.5) is 0 Å². The third-order valence-electron chi connectivity index (χ3n) is 4.37. The Kier molecular flexibility index (Phi) is 15.6. The maximum absolute atomic E-state index is 10.9. The minimum absolute atomic E-state index is 0. The van der Waals surface area contributed by atoms with Crippen molar-refractivity contribution in [3.05, 3.63) is 71.5 Å². The summed E-state index contributed by atoms with van der Waals surface area (Å²) in [6.07, 6.45) is 14.0. The van der Waals surface area contributed by atoms with Crippen molar-refractivity contribution < 1.29 is 36.3 Å². The largest absolute Gasteiger partial charge is 2.00 e. The van der Waals surface area contributed by atoms with Crippen molar-refractivity contribution in [3.63, 3.8) is 0 Å². The van der Waals surface area contributed by atoms with Gasteiger partial charge in [0, 0.05) is 48.8 Å². The number of hydrogen-bond acceptors (Lipinski definition) is 8. The number of hydrogen-bond donors (Lipinski definition) is 4. The molecule has 0 saturated heterocycles. The Balaban J connectivity index is 0.000000602. The van der Waals surface area contributed by atoms with Crippen molar-refractivity contribution in [2.75, 3.05) is 54.4 Å². The summed E-state index contributed by atoms with van der Waals surface area (Å²) in [6, 6.07) is 0. The van der Waals surface area contributed by atoms with Gasteiger partial charge in [0.1, 0.15) is 11.5 Å². The first-order chi connectivity index (χ1) is 15.2. The van der Waals surface area contributed by atoms with Crippen molar-refractivity contribution in [1.82, 2.24) is 20.4 Å². The summed E-state index contributed by atoms with van der Waals surface area (Å²) >= 11 is 0. The van der Waals surface area contributed by atoms with Gasteiger partial charge in [0.15, 0.2) is 11.6 Å². The van der Waals surface area contributed by atoms with Crippen LogP contribution < -0.4 is 10.6 Å². The van der Waals surface area contributed by atoms with Crippen LogP contribution in [-0.4, -0.2) is 85.9 Å².